The van der Waals surface area contributed by atoms with E-state index in [4.69, 9.17) is 0 Å². The van der Waals surface area contributed by atoms with Gasteiger partial charge in [-0.05, 0) is 29.2 Å². The Hall–Kier alpha value is -2.39. The lowest BCUT2D eigenvalue weighted by atomic mass is 9.89. The second-order valence-electron chi connectivity index (χ2n) is 8.42. The van der Waals surface area contributed by atoms with Crippen LogP contribution in [0, 0.1) is 23.5 Å². The molecule has 4 rings (SSSR count). The van der Waals surface area contributed by atoms with E-state index in [1.54, 1.807) is 12.1 Å². The van der Waals surface area contributed by atoms with Crippen LogP contribution in [0.25, 0.3) is 11.1 Å². The Labute approximate surface area is 179 Å². The highest BCUT2D eigenvalue weighted by Crippen LogP contribution is 2.59. The van der Waals surface area contributed by atoms with E-state index in [0.29, 0.717) is 6.54 Å². The zero-order valence-corrected chi connectivity index (χ0v) is 17.9. The zero-order chi connectivity index (χ0) is 22.6. The Morgan fingerprint density at radius 3 is 2.42 bits per heavy atom. The maximum Gasteiger partial charge on any atom is 0.229 e. The van der Waals surface area contributed by atoms with Gasteiger partial charge in [0.2, 0.25) is 15.9 Å². The number of carbonyl (C=O) groups is 1. The molecule has 2 aliphatic rings. The molecular weight excluding hydrogens is 429 g/mol. The summed E-state index contributed by atoms with van der Waals surface area (Å²) in [4.78, 5) is 14.5. The number of nitrogens with zero attached hydrogens (tertiary/aromatic N) is 1. The van der Waals surface area contributed by atoms with Crippen molar-refractivity contribution in [2.45, 2.75) is 25.1 Å². The number of likely N-dealkylation sites (tertiary alicyclic amines) is 1. The second kappa shape index (κ2) is 7.63. The normalized spacial score (nSPS) is 27.6. The molecule has 0 bridgehead atoms. The van der Waals surface area contributed by atoms with Gasteiger partial charge in [-0.2, -0.15) is 0 Å². The molecule has 1 aliphatic carbocycles. The molecule has 1 amide bonds. The van der Waals surface area contributed by atoms with E-state index in [1.807, 2.05) is 6.92 Å². The molecule has 166 valence electrons. The Morgan fingerprint density at radius 1 is 1.16 bits per heavy atom. The van der Waals surface area contributed by atoms with Gasteiger partial charge in [-0.1, -0.05) is 37.3 Å². The van der Waals surface area contributed by atoms with Gasteiger partial charge in [0.1, 0.15) is 17.3 Å². The standard InChI is InChI=1S/C22H23F3N2O3S/c1-13-12-27(19(13)11-26-31(2,29)30)21(28)16-10-22(16,25)15-7-4-3-6-14(15)20-17(23)8-5-9-18(20)24/h3-9,13,16,19,26H,10-12H2,1-2H3/t13-,16+,19+,22-/m1/s1. The molecule has 2 aromatic carbocycles. The summed E-state index contributed by atoms with van der Waals surface area (Å²) < 4.78 is 69.7. The molecule has 2 aromatic rings. The molecular formula is C22H23F3N2O3S. The fourth-order valence-electron chi connectivity index (χ4n) is 4.38. The third-order valence-electron chi connectivity index (χ3n) is 6.18. The number of hydrogen-bond acceptors (Lipinski definition) is 3. The molecule has 5 nitrogen and oxygen atoms in total. The maximum atomic E-state index is 15.9. The van der Waals surface area contributed by atoms with E-state index in [9.17, 15) is 22.0 Å². The van der Waals surface area contributed by atoms with Crippen LogP contribution in [0.2, 0.25) is 0 Å². The predicted molar refractivity (Wildman–Crippen MR) is 110 cm³/mol. The average molecular weight is 452 g/mol. The quantitative estimate of drug-likeness (QED) is 0.732. The minimum atomic E-state index is -3.42. The Morgan fingerprint density at radius 2 is 1.81 bits per heavy atom. The predicted octanol–water partition coefficient (Wildman–Crippen LogP) is 3.21. The summed E-state index contributed by atoms with van der Waals surface area (Å²) in [7, 11) is -3.42. The van der Waals surface area contributed by atoms with Crippen molar-refractivity contribution in [2.24, 2.45) is 11.8 Å². The second-order valence-corrected chi connectivity index (χ2v) is 10.3. The first-order valence-corrected chi connectivity index (χ1v) is 11.9. The number of rotatable bonds is 6. The molecule has 1 saturated carbocycles. The highest BCUT2D eigenvalue weighted by molar-refractivity contribution is 7.88. The molecule has 1 N–H and O–H groups in total. The fourth-order valence-corrected chi connectivity index (χ4v) is 4.85. The van der Waals surface area contributed by atoms with E-state index >= 15 is 4.39 Å². The van der Waals surface area contributed by atoms with Gasteiger partial charge in [0.05, 0.1) is 17.7 Å². The number of sulfonamides is 1. The highest BCUT2D eigenvalue weighted by Gasteiger charge is 2.64. The molecule has 9 heteroatoms. The number of carbonyl (C=O) groups excluding carboxylic acids is 1. The zero-order valence-electron chi connectivity index (χ0n) is 17.1. The van der Waals surface area contributed by atoms with Crippen molar-refractivity contribution >= 4 is 15.9 Å². The summed E-state index contributed by atoms with van der Waals surface area (Å²) in [6.45, 7) is 2.37. The van der Waals surface area contributed by atoms with Gasteiger partial charge < -0.3 is 4.90 Å². The number of benzene rings is 2. The molecule has 1 heterocycles. The van der Waals surface area contributed by atoms with Crippen LogP contribution in [-0.2, 0) is 20.5 Å². The first-order chi connectivity index (χ1) is 14.5. The van der Waals surface area contributed by atoms with E-state index in [0.717, 1.165) is 18.4 Å². The largest absolute Gasteiger partial charge is 0.337 e. The fraction of sp³-hybridized carbons (Fsp3) is 0.409. The van der Waals surface area contributed by atoms with Crippen LogP contribution in [0.5, 0.6) is 0 Å². The van der Waals surface area contributed by atoms with Crippen LogP contribution in [0.3, 0.4) is 0 Å². The highest BCUT2D eigenvalue weighted by atomic mass is 32.2. The summed E-state index contributed by atoms with van der Waals surface area (Å²) in [5, 5.41) is 0. The Bertz CT molecular complexity index is 1120. The summed E-state index contributed by atoms with van der Waals surface area (Å²) in [6.07, 6.45) is 0.949. The van der Waals surface area contributed by atoms with Crippen molar-refractivity contribution in [3.63, 3.8) is 0 Å². The third-order valence-corrected chi connectivity index (χ3v) is 6.87. The molecule has 0 radical (unpaired) electrons. The molecule has 2 fully saturated rings. The number of amides is 1. The van der Waals surface area contributed by atoms with Crippen molar-refractivity contribution in [3.05, 3.63) is 59.7 Å². The van der Waals surface area contributed by atoms with Crippen LogP contribution in [0.1, 0.15) is 18.9 Å². The van der Waals surface area contributed by atoms with Gasteiger partial charge in [-0.15, -0.1) is 0 Å². The van der Waals surface area contributed by atoms with Gasteiger partial charge in [0.25, 0.3) is 0 Å². The lowest BCUT2D eigenvalue weighted by Gasteiger charge is -2.47. The lowest BCUT2D eigenvalue weighted by molar-refractivity contribution is -0.145. The van der Waals surface area contributed by atoms with Gasteiger partial charge in [0.15, 0.2) is 0 Å². The minimum absolute atomic E-state index is 0.0643. The molecule has 4 atom stereocenters. The smallest absolute Gasteiger partial charge is 0.229 e. The van der Waals surface area contributed by atoms with E-state index in [2.05, 4.69) is 4.72 Å². The molecule has 0 spiro atoms. The lowest BCUT2D eigenvalue weighted by Crippen LogP contribution is -2.62. The number of halogens is 3. The average Bonchev–Trinajstić information content (AvgIpc) is 3.38. The van der Waals surface area contributed by atoms with E-state index < -0.39 is 39.2 Å². The minimum Gasteiger partial charge on any atom is -0.337 e. The first kappa shape index (κ1) is 21.8. The van der Waals surface area contributed by atoms with Crippen LogP contribution in [0.4, 0.5) is 13.2 Å². The molecule has 0 unspecified atom stereocenters. The van der Waals surface area contributed by atoms with Crippen LogP contribution >= 0.6 is 0 Å². The van der Waals surface area contributed by atoms with Gasteiger partial charge in [-0.25, -0.2) is 26.3 Å². The molecule has 1 saturated heterocycles. The SMILES string of the molecule is C[C@@H]1CN(C(=O)[C@@H]2C[C@@]2(F)c2ccccc2-c2c(F)cccc2F)[C@H]1CNS(C)(=O)=O. The maximum absolute atomic E-state index is 15.9. The number of hydrogen-bond donors (Lipinski definition) is 1. The Kier molecular flexibility index (Phi) is 5.37. The number of nitrogens with one attached hydrogen (secondary N) is 1. The summed E-state index contributed by atoms with van der Waals surface area (Å²) in [6, 6.07) is 9.14. The molecule has 0 aromatic heterocycles. The number of alkyl halides is 1. The third kappa shape index (κ3) is 3.96. The van der Waals surface area contributed by atoms with E-state index in [-0.39, 0.29) is 41.6 Å². The summed E-state index contributed by atoms with van der Waals surface area (Å²) in [5.41, 5.74) is -2.18. The van der Waals surface area contributed by atoms with Crippen molar-refractivity contribution in [1.82, 2.24) is 9.62 Å². The van der Waals surface area contributed by atoms with Gasteiger partial charge in [-0.3, -0.25) is 4.79 Å². The van der Waals surface area contributed by atoms with Gasteiger partial charge in [0, 0.05) is 25.6 Å². The van der Waals surface area contributed by atoms with Crippen molar-refractivity contribution < 1.29 is 26.4 Å². The molecule has 31 heavy (non-hydrogen) atoms. The van der Waals surface area contributed by atoms with E-state index in [1.165, 1.54) is 23.1 Å². The van der Waals surface area contributed by atoms with Crippen LogP contribution in [-0.4, -0.2) is 44.6 Å². The first-order valence-electron chi connectivity index (χ1n) is 10.0. The van der Waals surface area contributed by atoms with Crippen LogP contribution in [0.15, 0.2) is 42.5 Å². The topological polar surface area (TPSA) is 66.5 Å². The van der Waals surface area contributed by atoms with Gasteiger partial charge >= 0.3 is 0 Å². The summed E-state index contributed by atoms with van der Waals surface area (Å²) >= 11 is 0. The molecule has 1 aliphatic heterocycles. The van der Waals surface area contributed by atoms with Crippen molar-refractivity contribution in [3.8, 4) is 11.1 Å². The van der Waals surface area contributed by atoms with Crippen LogP contribution < -0.4 is 4.72 Å². The van der Waals surface area contributed by atoms with Crippen molar-refractivity contribution in [2.75, 3.05) is 19.3 Å². The monoisotopic (exact) mass is 452 g/mol. The Balaban J connectivity index is 1.58. The summed E-state index contributed by atoms with van der Waals surface area (Å²) in [5.74, 6) is -2.92. The van der Waals surface area contributed by atoms with Crippen molar-refractivity contribution in [1.29, 1.82) is 0 Å².